The first-order chi connectivity index (χ1) is 11.6. The second-order valence-electron chi connectivity index (χ2n) is 5.97. The van der Waals surface area contributed by atoms with Crippen molar-refractivity contribution in [2.45, 2.75) is 23.1 Å². The van der Waals surface area contributed by atoms with Crippen molar-refractivity contribution < 1.29 is 13.5 Å². The lowest BCUT2D eigenvalue weighted by atomic mass is 10.1. The summed E-state index contributed by atoms with van der Waals surface area (Å²) in [4.78, 5) is 0. The summed E-state index contributed by atoms with van der Waals surface area (Å²) in [6.07, 6.45) is 1.64. The quantitative estimate of drug-likeness (QED) is 0.765. The Morgan fingerprint density at radius 3 is 2.58 bits per heavy atom. The van der Waals surface area contributed by atoms with Gasteiger partial charge in [-0.05, 0) is 48.1 Å². The van der Waals surface area contributed by atoms with Crippen LogP contribution in [-0.2, 0) is 10.0 Å². The fraction of sp³-hybridized carbons (Fsp3) is 0.222. The summed E-state index contributed by atoms with van der Waals surface area (Å²) in [6.45, 7) is 0.530. The average molecular weight is 359 g/mol. The molecule has 1 aromatic heterocycles. The van der Waals surface area contributed by atoms with Gasteiger partial charge in [0.2, 0.25) is 0 Å². The zero-order valence-corrected chi connectivity index (χ0v) is 14.6. The van der Waals surface area contributed by atoms with E-state index in [2.05, 4.69) is 0 Å². The molecule has 0 bridgehead atoms. The van der Waals surface area contributed by atoms with Gasteiger partial charge >= 0.3 is 0 Å². The molecule has 1 fully saturated rings. The van der Waals surface area contributed by atoms with Crippen molar-refractivity contribution >= 4 is 31.4 Å². The minimum absolute atomic E-state index is 0.166. The second-order valence-corrected chi connectivity index (χ2v) is 9.17. The van der Waals surface area contributed by atoms with E-state index in [-0.39, 0.29) is 11.8 Å². The summed E-state index contributed by atoms with van der Waals surface area (Å²) < 4.78 is 29.3. The van der Waals surface area contributed by atoms with Crippen LogP contribution in [0.2, 0.25) is 0 Å². The summed E-state index contributed by atoms with van der Waals surface area (Å²) in [5, 5.41) is 10.4. The van der Waals surface area contributed by atoms with Gasteiger partial charge in [0.15, 0.2) is 0 Å². The third-order valence-corrected chi connectivity index (χ3v) is 7.92. The number of hydrogen-bond acceptors (Lipinski definition) is 4. The zero-order chi connectivity index (χ0) is 16.7. The van der Waals surface area contributed by atoms with Crippen LogP contribution >= 0.6 is 11.3 Å². The number of sulfonamides is 1. The first-order valence-corrected chi connectivity index (χ1v) is 10.1. The first kappa shape index (κ1) is 15.6. The van der Waals surface area contributed by atoms with Gasteiger partial charge < -0.3 is 5.11 Å². The fourth-order valence-electron chi connectivity index (χ4n) is 3.26. The van der Waals surface area contributed by atoms with Crippen LogP contribution in [-0.4, -0.2) is 24.4 Å². The van der Waals surface area contributed by atoms with Crippen LogP contribution < -0.4 is 0 Å². The number of phenols is 1. The van der Waals surface area contributed by atoms with Gasteiger partial charge in [-0.15, -0.1) is 11.3 Å². The Hall–Kier alpha value is -1.89. The van der Waals surface area contributed by atoms with Crippen molar-refractivity contribution in [3.05, 3.63) is 60.2 Å². The van der Waals surface area contributed by atoms with E-state index < -0.39 is 10.0 Å². The molecule has 0 spiro atoms. The van der Waals surface area contributed by atoms with E-state index in [1.54, 1.807) is 34.6 Å². The third kappa shape index (κ3) is 2.60. The Morgan fingerprint density at radius 1 is 1.08 bits per heavy atom. The molecule has 6 heteroatoms. The molecule has 2 aromatic carbocycles. The van der Waals surface area contributed by atoms with Gasteiger partial charge in [-0.2, -0.15) is 4.31 Å². The third-order valence-electron chi connectivity index (χ3n) is 4.45. The molecule has 2 heterocycles. The molecule has 124 valence electrons. The largest absolute Gasteiger partial charge is 0.508 e. The minimum Gasteiger partial charge on any atom is -0.508 e. The van der Waals surface area contributed by atoms with Crippen LogP contribution in [0.25, 0.3) is 10.1 Å². The van der Waals surface area contributed by atoms with E-state index in [1.165, 1.54) is 11.3 Å². The number of thiophene rings is 1. The van der Waals surface area contributed by atoms with Crippen LogP contribution in [0.15, 0.2) is 58.8 Å². The minimum atomic E-state index is -3.52. The number of nitrogens with zero attached hydrogens (tertiary/aromatic N) is 1. The highest BCUT2D eigenvalue weighted by Crippen LogP contribution is 2.39. The maximum Gasteiger partial charge on any atom is 0.253 e. The van der Waals surface area contributed by atoms with Crippen molar-refractivity contribution in [1.29, 1.82) is 0 Å². The molecule has 1 unspecified atom stereocenters. The van der Waals surface area contributed by atoms with E-state index in [0.717, 1.165) is 28.5 Å². The lowest BCUT2D eigenvalue weighted by Gasteiger charge is -2.23. The Kier molecular flexibility index (Phi) is 3.83. The monoisotopic (exact) mass is 359 g/mol. The highest BCUT2D eigenvalue weighted by Gasteiger charge is 2.37. The van der Waals surface area contributed by atoms with Crippen LogP contribution in [0.5, 0.6) is 5.75 Å². The molecule has 3 aromatic rings. The van der Waals surface area contributed by atoms with Crippen molar-refractivity contribution in [2.75, 3.05) is 6.54 Å². The van der Waals surface area contributed by atoms with Crippen molar-refractivity contribution in [3.63, 3.8) is 0 Å². The molecule has 0 amide bonds. The summed E-state index contributed by atoms with van der Waals surface area (Å²) in [5.41, 5.74) is 0.926. The summed E-state index contributed by atoms with van der Waals surface area (Å²) >= 11 is 1.32. The van der Waals surface area contributed by atoms with Gasteiger partial charge in [0.25, 0.3) is 10.0 Å². The van der Waals surface area contributed by atoms with E-state index in [1.807, 2.05) is 24.3 Å². The lowest BCUT2D eigenvalue weighted by molar-refractivity contribution is 0.397. The molecule has 0 radical (unpaired) electrons. The molecule has 0 aliphatic carbocycles. The predicted molar refractivity (Wildman–Crippen MR) is 95.8 cm³/mol. The molecule has 24 heavy (non-hydrogen) atoms. The van der Waals surface area contributed by atoms with Crippen LogP contribution in [0.1, 0.15) is 24.4 Å². The maximum absolute atomic E-state index is 13.1. The van der Waals surface area contributed by atoms with E-state index in [4.69, 9.17) is 0 Å². The molecule has 4 rings (SSSR count). The van der Waals surface area contributed by atoms with Crippen molar-refractivity contribution in [1.82, 2.24) is 4.31 Å². The number of fused-ring (bicyclic) bond motifs is 1. The Bertz CT molecular complexity index is 944. The highest BCUT2D eigenvalue weighted by atomic mass is 32.2. The number of hydrogen-bond donors (Lipinski definition) is 1. The van der Waals surface area contributed by atoms with Crippen LogP contribution in [0.4, 0.5) is 0 Å². The van der Waals surface area contributed by atoms with E-state index >= 15 is 0 Å². The van der Waals surface area contributed by atoms with Gasteiger partial charge in [0.1, 0.15) is 9.96 Å². The topological polar surface area (TPSA) is 57.6 Å². The number of phenolic OH excluding ortho intramolecular Hbond substituents is 1. The van der Waals surface area contributed by atoms with E-state index in [9.17, 15) is 13.5 Å². The molecular formula is C18H17NO3S2. The predicted octanol–water partition coefficient (Wildman–Crippen LogP) is 4.13. The van der Waals surface area contributed by atoms with Crippen LogP contribution in [0.3, 0.4) is 0 Å². The lowest BCUT2D eigenvalue weighted by Crippen LogP contribution is -2.30. The number of aromatic hydroxyl groups is 1. The van der Waals surface area contributed by atoms with Gasteiger partial charge in [-0.1, -0.05) is 30.3 Å². The molecule has 1 saturated heterocycles. The van der Waals surface area contributed by atoms with Gasteiger partial charge in [0.05, 0.1) is 6.04 Å². The smallest absolute Gasteiger partial charge is 0.253 e. The summed E-state index contributed by atoms with van der Waals surface area (Å²) in [5.74, 6) is 0.190. The van der Waals surface area contributed by atoms with Gasteiger partial charge in [-0.3, -0.25) is 0 Å². The van der Waals surface area contributed by atoms with Crippen molar-refractivity contribution in [3.8, 4) is 5.75 Å². The Labute approximate surface area is 145 Å². The Morgan fingerprint density at radius 2 is 1.83 bits per heavy atom. The number of rotatable bonds is 3. The SMILES string of the molecule is O=S(=O)(c1cc2ccccc2s1)N1CCCC1c1ccc(O)cc1. The molecule has 0 saturated carbocycles. The van der Waals surface area contributed by atoms with Crippen molar-refractivity contribution in [2.24, 2.45) is 0 Å². The van der Waals surface area contributed by atoms with Gasteiger partial charge in [-0.25, -0.2) is 8.42 Å². The first-order valence-electron chi connectivity index (χ1n) is 7.85. The van der Waals surface area contributed by atoms with Gasteiger partial charge in [0, 0.05) is 11.2 Å². The zero-order valence-electron chi connectivity index (χ0n) is 12.9. The molecule has 1 aliphatic rings. The molecule has 1 aliphatic heterocycles. The fourth-order valence-corrected chi connectivity index (χ4v) is 6.47. The second kappa shape index (κ2) is 5.88. The van der Waals surface area contributed by atoms with E-state index in [0.29, 0.717) is 10.8 Å². The number of benzene rings is 2. The molecule has 1 atom stereocenters. The maximum atomic E-state index is 13.1. The molecule has 4 nitrogen and oxygen atoms in total. The summed E-state index contributed by atoms with van der Waals surface area (Å²) in [6, 6.07) is 16.1. The molecular weight excluding hydrogens is 342 g/mol. The normalized spacial score (nSPS) is 19.1. The summed E-state index contributed by atoms with van der Waals surface area (Å²) in [7, 11) is -3.52. The Balaban J connectivity index is 1.73. The standard InChI is InChI=1S/C18H17NO3S2/c20-15-9-7-13(8-10-15)16-5-3-11-19(16)24(21,22)18-12-14-4-1-2-6-17(14)23-18/h1-2,4,6-10,12,16,20H,3,5,11H2. The highest BCUT2D eigenvalue weighted by molar-refractivity contribution is 7.91. The van der Waals surface area contributed by atoms with Crippen LogP contribution in [0, 0.1) is 0 Å². The molecule has 1 N–H and O–H groups in total. The average Bonchev–Trinajstić information content (AvgIpc) is 3.23.